The first kappa shape index (κ1) is 16.0. The van der Waals surface area contributed by atoms with Crippen LogP contribution < -0.4 is 10.6 Å². The lowest BCUT2D eigenvalue weighted by atomic mass is 10.1. The molecule has 0 radical (unpaired) electrons. The summed E-state index contributed by atoms with van der Waals surface area (Å²) in [5.74, 6) is 0. The molecule has 3 rings (SSSR count). The summed E-state index contributed by atoms with van der Waals surface area (Å²) in [7, 11) is 4.06. The van der Waals surface area contributed by atoms with Crippen molar-refractivity contribution in [3.05, 3.63) is 46.1 Å². The van der Waals surface area contributed by atoms with Crippen molar-refractivity contribution in [3.63, 3.8) is 0 Å². The summed E-state index contributed by atoms with van der Waals surface area (Å²) >= 11 is 1.46. The van der Waals surface area contributed by atoms with E-state index in [4.69, 9.17) is 5.26 Å². The monoisotopic (exact) mass is 339 g/mol. The van der Waals surface area contributed by atoms with E-state index >= 15 is 0 Å². The molecule has 2 N–H and O–H groups in total. The number of benzene rings is 1. The third kappa shape index (κ3) is 3.55. The Kier molecular flexibility index (Phi) is 4.49. The van der Waals surface area contributed by atoms with Crippen LogP contribution in [0.1, 0.15) is 22.6 Å². The van der Waals surface area contributed by atoms with Gasteiger partial charge in [-0.2, -0.15) is 5.26 Å². The van der Waals surface area contributed by atoms with Gasteiger partial charge in [0.2, 0.25) is 0 Å². The molecule has 7 heteroatoms. The van der Waals surface area contributed by atoms with Crippen LogP contribution in [0.5, 0.6) is 0 Å². The molecule has 0 unspecified atom stereocenters. The minimum atomic E-state index is -0.368. The van der Waals surface area contributed by atoms with Gasteiger partial charge in [0.15, 0.2) is 5.13 Å². The third-order valence-electron chi connectivity index (χ3n) is 3.69. The fourth-order valence-corrected chi connectivity index (χ4v) is 3.43. The zero-order valence-corrected chi connectivity index (χ0v) is 14.3. The van der Waals surface area contributed by atoms with Crippen LogP contribution in [0.2, 0.25) is 0 Å². The number of carbonyl (C=O) groups excluding carboxylic acids is 1. The lowest BCUT2D eigenvalue weighted by Gasteiger charge is -2.19. The molecule has 1 heterocycles. The van der Waals surface area contributed by atoms with Gasteiger partial charge in [0.1, 0.15) is 0 Å². The number of anilines is 2. The van der Waals surface area contributed by atoms with Crippen LogP contribution in [0.15, 0.2) is 30.0 Å². The highest BCUT2D eigenvalue weighted by atomic mass is 32.1. The lowest BCUT2D eigenvalue weighted by Crippen LogP contribution is -2.19. The smallest absolute Gasteiger partial charge is 0.325 e. The number of carbonyl (C=O) groups is 1. The SMILES string of the molecule is CN(C)C1=Cc2sc(NC(=O)Nc3cccc(C#N)c3)nc2CC1. The normalized spacial score (nSPS) is 12.6. The first-order valence-electron chi connectivity index (χ1n) is 7.51. The van der Waals surface area contributed by atoms with E-state index in [-0.39, 0.29) is 6.03 Å². The van der Waals surface area contributed by atoms with Gasteiger partial charge in [-0.25, -0.2) is 9.78 Å². The van der Waals surface area contributed by atoms with E-state index in [0.717, 1.165) is 23.4 Å². The fourth-order valence-electron chi connectivity index (χ4n) is 2.46. The van der Waals surface area contributed by atoms with Crippen LogP contribution in [0.25, 0.3) is 6.08 Å². The van der Waals surface area contributed by atoms with Crippen LogP contribution in [0, 0.1) is 11.3 Å². The van der Waals surface area contributed by atoms with Crippen molar-refractivity contribution in [3.8, 4) is 6.07 Å². The molecule has 1 aliphatic rings. The van der Waals surface area contributed by atoms with Gasteiger partial charge < -0.3 is 10.2 Å². The van der Waals surface area contributed by atoms with Crippen LogP contribution >= 0.6 is 11.3 Å². The molecule has 0 bridgehead atoms. The Morgan fingerprint density at radius 3 is 2.92 bits per heavy atom. The topological polar surface area (TPSA) is 81.0 Å². The highest BCUT2D eigenvalue weighted by Gasteiger charge is 2.17. The van der Waals surface area contributed by atoms with Crippen molar-refractivity contribution < 1.29 is 4.79 Å². The maximum Gasteiger partial charge on any atom is 0.325 e. The van der Waals surface area contributed by atoms with Gasteiger partial charge in [-0.15, -0.1) is 0 Å². The van der Waals surface area contributed by atoms with Crippen molar-refractivity contribution >= 4 is 34.3 Å². The van der Waals surface area contributed by atoms with Crippen molar-refractivity contribution in [2.24, 2.45) is 0 Å². The maximum absolute atomic E-state index is 12.1. The first-order valence-corrected chi connectivity index (χ1v) is 8.32. The predicted octanol–water partition coefficient (Wildman–Crippen LogP) is 3.51. The Bertz CT molecular complexity index is 847. The summed E-state index contributed by atoms with van der Waals surface area (Å²) in [5, 5.41) is 14.9. The lowest BCUT2D eigenvalue weighted by molar-refractivity contribution is 0.262. The Morgan fingerprint density at radius 2 is 2.17 bits per heavy atom. The molecule has 0 fully saturated rings. The van der Waals surface area contributed by atoms with Crippen LogP contribution in [0.4, 0.5) is 15.6 Å². The molecule has 2 aromatic rings. The number of thiazole rings is 1. The van der Waals surface area contributed by atoms with E-state index in [0.29, 0.717) is 16.4 Å². The zero-order valence-electron chi connectivity index (χ0n) is 13.5. The average molecular weight is 339 g/mol. The summed E-state index contributed by atoms with van der Waals surface area (Å²) in [6.45, 7) is 0. The molecule has 0 atom stereocenters. The van der Waals surface area contributed by atoms with E-state index in [1.54, 1.807) is 24.3 Å². The summed E-state index contributed by atoms with van der Waals surface area (Å²) in [6, 6.07) is 8.45. The minimum absolute atomic E-state index is 0.368. The maximum atomic E-state index is 12.1. The molecular formula is C17H17N5OS. The number of hydrogen-bond acceptors (Lipinski definition) is 5. The number of nitrogens with zero attached hydrogens (tertiary/aromatic N) is 3. The Labute approximate surface area is 144 Å². The number of nitrogens with one attached hydrogen (secondary N) is 2. The molecule has 2 amide bonds. The summed E-state index contributed by atoms with van der Waals surface area (Å²) in [4.78, 5) is 19.8. The number of aromatic nitrogens is 1. The van der Waals surface area contributed by atoms with Crippen LogP contribution in [-0.2, 0) is 6.42 Å². The molecule has 0 saturated heterocycles. The molecule has 24 heavy (non-hydrogen) atoms. The Hall–Kier alpha value is -2.85. The Morgan fingerprint density at radius 1 is 1.33 bits per heavy atom. The number of hydrogen-bond donors (Lipinski definition) is 2. The number of nitriles is 1. The van der Waals surface area contributed by atoms with Gasteiger partial charge in [-0.05, 0) is 37.1 Å². The van der Waals surface area contributed by atoms with Gasteiger partial charge in [-0.3, -0.25) is 5.32 Å². The van der Waals surface area contributed by atoms with Crippen molar-refractivity contribution in [2.45, 2.75) is 12.8 Å². The van der Waals surface area contributed by atoms with Gasteiger partial charge in [0.25, 0.3) is 0 Å². The minimum Gasteiger partial charge on any atom is -0.381 e. The second kappa shape index (κ2) is 6.72. The average Bonchev–Trinajstić information content (AvgIpc) is 2.95. The molecule has 1 aromatic heterocycles. The number of aryl methyl sites for hydroxylation is 1. The van der Waals surface area contributed by atoms with E-state index in [1.165, 1.54) is 17.0 Å². The third-order valence-corrected chi connectivity index (χ3v) is 4.65. The molecule has 0 saturated carbocycles. The molecule has 0 spiro atoms. The summed E-state index contributed by atoms with van der Waals surface area (Å²) < 4.78 is 0. The van der Waals surface area contributed by atoms with Gasteiger partial charge >= 0.3 is 6.03 Å². The number of amides is 2. The largest absolute Gasteiger partial charge is 0.381 e. The molecule has 122 valence electrons. The van der Waals surface area contributed by atoms with Crippen molar-refractivity contribution in [2.75, 3.05) is 24.7 Å². The summed E-state index contributed by atoms with van der Waals surface area (Å²) in [6.07, 6.45) is 3.95. The van der Waals surface area contributed by atoms with Gasteiger partial charge in [0.05, 0.1) is 22.2 Å². The first-order chi connectivity index (χ1) is 11.5. The van der Waals surface area contributed by atoms with E-state index in [1.807, 2.05) is 20.2 Å². The quantitative estimate of drug-likeness (QED) is 0.897. The van der Waals surface area contributed by atoms with Crippen molar-refractivity contribution in [1.29, 1.82) is 5.26 Å². The highest BCUT2D eigenvalue weighted by molar-refractivity contribution is 7.16. The van der Waals surface area contributed by atoms with E-state index < -0.39 is 0 Å². The molecule has 0 aliphatic heterocycles. The van der Waals surface area contributed by atoms with Gasteiger partial charge in [-0.1, -0.05) is 17.4 Å². The van der Waals surface area contributed by atoms with Crippen molar-refractivity contribution in [1.82, 2.24) is 9.88 Å². The number of rotatable bonds is 3. The van der Waals surface area contributed by atoms with Gasteiger partial charge in [0, 0.05) is 25.5 Å². The van der Waals surface area contributed by atoms with Crippen LogP contribution in [-0.4, -0.2) is 30.0 Å². The Balaban J connectivity index is 1.69. The molecule has 6 nitrogen and oxygen atoms in total. The standard InChI is InChI=1S/C17H17N5OS/c1-22(2)13-6-7-14-15(9-13)24-17(20-14)21-16(23)19-12-5-3-4-11(8-12)10-18/h3-5,8-9H,6-7H2,1-2H3,(H2,19,20,21,23). The molecule has 1 aromatic carbocycles. The van der Waals surface area contributed by atoms with Crippen LogP contribution in [0.3, 0.4) is 0 Å². The molecule has 1 aliphatic carbocycles. The zero-order chi connectivity index (χ0) is 17.1. The number of allylic oxidation sites excluding steroid dienone is 1. The number of fused-ring (bicyclic) bond motifs is 1. The summed E-state index contributed by atoms with van der Waals surface area (Å²) in [5.41, 5.74) is 3.35. The number of urea groups is 1. The second-order valence-electron chi connectivity index (χ2n) is 5.63. The van der Waals surface area contributed by atoms with E-state index in [9.17, 15) is 4.79 Å². The van der Waals surface area contributed by atoms with E-state index in [2.05, 4.69) is 26.6 Å². The highest BCUT2D eigenvalue weighted by Crippen LogP contribution is 2.31. The fraction of sp³-hybridized carbons (Fsp3) is 0.235. The molecular weight excluding hydrogens is 322 g/mol. The second-order valence-corrected chi connectivity index (χ2v) is 6.66. The predicted molar refractivity (Wildman–Crippen MR) is 95.9 cm³/mol.